The molecule has 31 heavy (non-hydrogen) atoms. The zero-order chi connectivity index (χ0) is 22.3. The Morgan fingerprint density at radius 2 is 1.48 bits per heavy atom. The lowest BCUT2D eigenvalue weighted by molar-refractivity contribution is -0.916. The molecule has 172 valence electrons. The number of carbonyl (C=O) groups excluding carboxylic acids is 1. The van der Waals surface area contributed by atoms with Crippen LogP contribution in [-0.2, 0) is 14.8 Å². The predicted octanol–water partition coefficient (Wildman–Crippen LogP) is 1.65. The number of hydrogen-bond acceptors (Lipinski definition) is 3. The van der Waals surface area contributed by atoms with Crippen molar-refractivity contribution in [1.29, 1.82) is 0 Å². The highest BCUT2D eigenvalue weighted by atomic mass is 32.2. The Hall–Kier alpha value is -1.44. The Morgan fingerprint density at radius 1 is 0.935 bits per heavy atom. The first-order valence-electron chi connectivity index (χ1n) is 11.9. The average molecular weight is 449 g/mol. The van der Waals surface area contributed by atoms with E-state index < -0.39 is 10.0 Å². The summed E-state index contributed by atoms with van der Waals surface area (Å²) < 4.78 is 28.5. The van der Waals surface area contributed by atoms with Gasteiger partial charge in [-0.15, -0.1) is 0 Å². The van der Waals surface area contributed by atoms with Gasteiger partial charge in [0.15, 0.2) is 0 Å². The molecular formula is C24H38N3O3S+. The van der Waals surface area contributed by atoms with Gasteiger partial charge in [-0.05, 0) is 62.8 Å². The molecule has 0 spiro atoms. The van der Waals surface area contributed by atoms with E-state index in [1.165, 1.54) is 25.9 Å². The molecule has 1 amide bonds. The summed E-state index contributed by atoms with van der Waals surface area (Å²) in [7, 11) is -3.55. The molecule has 2 aliphatic heterocycles. The largest absolute Gasteiger partial charge is 0.353 e. The van der Waals surface area contributed by atoms with Gasteiger partial charge in [0.2, 0.25) is 15.9 Å². The van der Waals surface area contributed by atoms with Gasteiger partial charge in [-0.1, -0.05) is 6.07 Å². The average Bonchev–Trinajstić information content (AvgIpc) is 3.58. The van der Waals surface area contributed by atoms with E-state index in [4.69, 9.17) is 0 Å². The summed E-state index contributed by atoms with van der Waals surface area (Å²) >= 11 is 0. The van der Waals surface area contributed by atoms with Crippen molar-refractivity contribution in [3.8, 4) is 0 Å². The van der Waals surface area contributed by atoms with Crippen LogP contribution in [0.2, 0.25) is 0 Å². The van der Waals surface area contributed by atoms with Gasteiger partial charge in [0.25, 0.3) is 0 Å². The van der Waals surface area contributed by atoms with E-state index in [1.807, 2.05) is 27.7 Å². The smallest absolute Gasteiger partial charge is 0.243 e. The van der Waals surface area contributed by atoms with Gasteiger partial charge in [-0.3, -0.25) is 4.79 Å². The van der Waals surface area contributed by atoms with E-state index in [-0.39, 0.29) is 17.9 Å². The van der Waals surface area contributed by atoms with Crippen LogP contribution in [0.15, 0.2) is 11.0 Å². The number of piperidine rings is 2. The zero-order valence-electron chi connectivity index (χ0n) is 19.5. The topological polar surface area (TPSA) is 70.9 Å². The molecule has 6 nitrogen and oxygen atoms in total. The van der Waals surface area contributed by atoms with Crippen LogP contribution >= 0.6 is 0 Å². The van der Waals surface area contributed by atoms with Gasteiger partial charge in [0.1, 0.15) is 0 Å². The number of quaternary nitrogens is 1. The Kier molecular flexibility index (Phi) is 6.48. The van der Waals surface area contributed by atoms with Gasteiger partial charge in [-0.2, -0.15) is 4.31 Å². The second kappa shape index (κ2) is 8.83. The second-order valence-corrected chi connectivity index (χ2v) is 11.9. The molecular weight excluding hydrogens is 410 g/mol. The highest BCUT2D eigenvalue weighted by Crippen LogP contribution is 2.31. The highest BCUT2D eigenvalue weighted by Gasteiger charge is 2.38. The van der Waals surface area contributed by atoms with Crippen LogP contribution in [0.4, 0.5) is 0 Å². The number of amides is 1. The summed E-state index contributed by atoms with van der Waals surface area (Å²) in [6.45, 7) is 10.9. The van der Waals surface area contributed by atoms with Crippen LogP contribution in [0.25, 0.3) is 0 Å². The molecule has 3 aliphatic rings. The molecule has 7 heteroatoms. The Morgan fingerprint density at radius 3 is 2.00 bits per heavy atom. The molecule has 0 unspecified atom stereocenters. The van der Waals surface area contributed by atoms with Crippen LogP contribution in [0, 0.1) is 33.6 Å². The minimum absolute atomic E-state index is 0.0818. The van der Waals surface area contributed by atoms with E-state index in [0.29, 0.717) is 30.8 Å². The van der Waals surface area contributed by atoms with Crippen molar-refractivity contribution in [1.82, 2.24) is 9.62 Å². The molecule has 1 aromatic carbocycles. The van der Waals surface area contributed by atoms with Crippen molar-refractivity contribution in [2.45, 2.75) is 83.2 Å². The number of nitrogens with zero attached hydrogens (tertiary/aromatic N) is 1. The Bertz CT molecular complexity index is 913. The fraction of sp³-hybridized carbons (Fsp3) is 0.708. The summed E-state index contributed by atoms with van der Waals surface area (Å²) in [5.74, 6) is 0.0392. The van der Waals surface area contributed by atoms with Gasteiger partial charge < -0.3 is 10.2 Å². The van der Waals surface area contributed by atoms with E-state index in [9.17, 15) is 13.2 Å². The second-order valence-electron chi connectivity index (χ2n) is 9.98. The molecule has 0 aromatic heterocycles. The monoisotopic (exact) mass is 448 g/mol. The zero-order valence-corrected chi connectivity index (χ0v) is 20.3. The first-order valence-corrected chi connectivity index (χ1v) is 13.3. The summed E-state index contributed by atoms with van der Waals surface area (Å²) in [5, 5.41) is 3.27. The molecule has 1 aliphatic carbocycles. The number of nitrogens with one attached hydrogen (secondary N) is 2. The molecule has 1 saturated carbocycles. The maximum Gasteiger partial charge on any atom is 0.243 e. The number of hydrogen-bond donors (Lipinski definition) is 2. The quantitative estimate of drug-likeness (QED) is 0.720. The lowest BCUT2D eigenvalue weighted by Gasteiger charge is -2.34. The molecule has 4 rings (SSSR count). The number of benzene rings is 1. The molecule has 2 N–H and O–H groups in total. The molecule has 0 bridgehead atoms. The maximum atomic E-state index is 13.4. The third-order valence-corrected chi connectivity index (χ3v) is 10.0. The Labute approximate surface area is 187 Å². The fourth-order valence-corrected chi connectivity index (χ4v) is 7.45. The Balaban J connectivity index is 1.34. The van der Waals surface area contributed by atoms with E-state index in [0.717, 1.165) is 41.1 Å². The molecule has 3 fully saturated rings. The van der Waals surface area contributed by atoms with Crippen LogP contribution < -0.4 is 10.2 Å². The van der Waals surface area contributed by atoms with Crippen molar-refractivity contribution >= 4 is 15.9 Å². The molecule has 2 saturated heterocycles. The van der Waals surface area contributed by atoms with E-state index >= 15 is 0 Å². The maximum absolute atomic E-state index is 13.4. The summed E-state index contributed by atoms with van der Waals surface area (Å²) in [4.78, 5) is 15.0. The van der Waals surface area contributed by atoms with Crippen molar-refractivity contribution in [3.05, 3.63) is 28.3 Å². The van der Waals surface area contributed by atoms with Crippen molar-refractivity contribution in [2.75, 3.05) is 26.2 Å². The van der Waals surface area contributed by atoms with Gasteiger partial charge in [-0.25, -0.2) is 8.42 Å². The molecule has 2 heterocycles. The van der Waals surface area contributed by atoms with Crippen LogP contribution in [0.3, 0.4) is 0 Å². The van der Waals surface area contributed by atoms with Gasteiger partial charge >= 0.3 is 0 Å². The van der Waals surface area contributed by atoms with Gasteiger partial charge in [0.05, 0.1) is 24.0 Å². The highest BCUT2D eigenvalue weighted by molar-refractivity contribution is 7.89. The van der Waals surface area contributed by atoms with Gasteiger partial charge in [0, 0.05) is 50.7 Å². The van der Waals surface area contributed by atoms with Crippen molar-refractivity contribution in [3.63, 3.8) is 0 Å². The standard InChI is InChI=1S/C24H37N3O3S/c1-16-15-17(2)19(4)23(18(16)3)31(29,30)27-13-7-20(8-14-27)24(28)25-21-9-11-26(12-10-21)22-5-6-22/h15,20-22H,5-14H2,1-4H3,(H,25,28)/p+1. The van der Waals surface area contributed by atoms with E-state index in [2.05, 4.69) is 11.4 Å². The first-order chi connectivity index (χ1) is 14.7. The number of likely N-dealkylation sites (tertiary alicyclic amines) is 1. The number of rotatable bonds is 5. The van der Waals surface area contributed by atoms with E-state index in [1.54, 1.807) is 9.21 Å². The SMILES string of the molecule is Cc1cc(C)c(C)c(S(=O)(=O)N2CCC(C(=O)NC3CC[NH+](C4CC4)CC3)CC2)c1C. The number of sulfonamides is 1. The van der Waals surface area contributed by atoms with Crippen LogP contribution in [0.1, 0.15) is 60.8 Å². The molecule has 0 radical (unpaired) electrons. The van der Waals surface area contributed by atoms with Crippen LogP contribution in [-0.4, -0.2) is 56.9 Å². The first kappa shape index (κ1) is 22.7. The third-order valence-electron chi connectivity index (χ3n) is 7.85. The van der Waals surface area contributed by atoms with Crippen molar-refractivity contribution in [2.24, 2.45) is 5.92 Å². The van der Waals surface area contributed by atoms with Crippen molar-refractivity contribution < 1.29 is 18.1 Å². The lowest BCUT2D eigenvalue weighted by Crippen LogP contribution is -3.14. The fourth-order valence-electron chi connectivity index (χ4n) is 5.41. The molecule has 0 atom stereocenters. The third kappa shape index (κ3) is 4.69. The minimum atomic E-state index is -3.55. The predicted molar refractivity (Wildman–Crippen MR) is 122 cm³/mol. The lowest BCUT2D eigenvalue weighted by atomic mass is 9.96. The summed E-state index contributed by atoms with van der Waals surface area (Å²) in [6, 6.07) is 3.22. The summed E-state index contributed by atoms with van der Waals surface area (Å²) in [6.07, 6.45) is 6.07. The number of aryl methyl sites for hydroxylation is 2. The summed E-state index contributed by atoms with van der Waals surface area (Å²) in [5.41, 5.74) is 3.68. The van der Waals surface area contributed by atoms with Crippen LogP contribution in [0.5, 0.6) is 0 Å². The molecule has 1 aromatic rings. The normalized spacial score (nSPS) is 26.1. The minimum Gasteiger partial charge on any atom is -0.353 e. The number of carbonyl (C=O) groups is 1.